The average Bonchev–Trinajstić information content (AvgIpc) is 2.86. The van der Waals surface area contributed by atoms with Crippen LogP contribution >= 0.6 is 0 Å². The van der Waals surface area contributed by atoms with Gasteiger partial charge >= 0.3 is 5.97 Å². The summed E-state index contributed by atoms with van der Waals surface area (Å²) in [6.07, 6.45) is 1.42. The summed E-state index contributed by atoms with van der Waals surface area (Å²) >= 11 is 0. The molecule has 114 valence electrons. The Morgan fingerprint density at radius 3 is 2.77 bits per heavy atom. The van der Waals surface area contributed by atoms with Crippen LogP contribution in [0, 0.1) is 0 Å². The zero-order valence-electron chi connectivity index (χ0n) is 12.5. The summed E-state index contributed by atoms with van der Waals surface area (Å²) in [5, 5.41) is 4.43. The van der Waals surface area contributed by atoms with E-state index in [1.807, 2.05) is 35.0 Å². The fourth-order valence-electron chi connectivity index (χ4n) is 2.79. The molecular formula is C17H18N2O3. The number of benzene rings is 1. The van der Waals surface area contributed by atoms with Gasteiger partial charge in [-0.1, -0.05) is 30.3 Å². The number of Topliss-reactive ketones (excluding diaryl/α,β-unsaturated/α-hetero) is 1. The van der Waals surface area contributed by atoms with Crippen LogP contribution in [0.1, 0.15) is 40.7 Å². The third kappa shape index (κ3) is 2.79. The van der Waals surface area contributed by atoms with Crippen molar-refractivity contribution in [1.29, 1.82) is 0 Å². The van der Waals surface area contributed by atoms with Gasteiger partial charge in [-0.15, -0.1) is 0 Å². The summed E-state index contributed by atoms with van der Waals surface area (Å²) in [4.78, 5) is 23.8. The van der Waals surface area contributed by atoms with Crippen LogP contribution in [0.15, 0.2) is 30.3 Å². The van der Waals surface area contributed by atoms with E-state index in [-0.39, 0.29) is 12.2 Å². The number of fused-ring (bicyclic) bond motifs is 1. The lowest BCUT2D eigenvalue weighted by Crippen LogP contribution is -2.17. The zero-order chi connectivity index (χ0) is 15.5. The van der Waals surface area contributed by atoms with Crippen LogP contribution in [0.4, 0.5) is 0 Å². The van der Waals surface area contributed by atoms with Gasteiger partial charge in [-0.25, -0.2) is 4.79 Å². The van der Waals surface area contributed by atoms with Crippen molar-refractivity contribution in [1.82, 2.24) is 9.78 Å². The molecule has 5 heteroatoms. The topological polar surface area (TPSA) is 61.2 Å². The van der Waals surface area contributed by atoms with E-state index in [2.05, 4.69) is 5.10 Å². The van der Waals surface area contributed by atoms with Gasteiger partial charge in [0.1, 0.15) is 5.78 Å². The van der Waals surface area contributed by atoms with Crippen molar-refractivity contribution in [2.45, 2.75) is 32.7 Å². The second-order valence-electron chi connectivity index (χ2n) is 5.35. The van der Waals surface area contributed by atoms with Gasteiger partial charge < -0.3 is 4.74 Å². The molecule has 0 bridgehead atoms. The number of hydrogen-bond acceptors (Lipinski definition) is 4. The second-order valence-corrected chi connectivity index (χ2v) is 5.35. The summed E-state index contributed by atoms with van der Waals surface area (Å²) in [5.74, 6) is -0.294. The molecule has 1 aromatic carbocycles. The average molecular weight is 298 g/mol. The monoisotopic (exact) mass is 298 g/mol. The first-order valence-corrected chi connectivity index (χ1v) is 7.50. The number of ether oxygens (including phenoxy) is 1. The van der Waals surface area contributed by atoms with E-state index in [1.165, 1.54) is 0 Å². The molecule has 0 radical (unpaired) electrons. The zero-order valence-corrected chi connectivity index (χ0v) is 12.5. The Hall–Kier alpha value is -2.43. The van der Waals surface area contributed by atoms with Crippen LogP contribution in [0.2, 0.25) is 0 Å². The molecule has 1 heterocycles. The number of hydrogen-bond donors (Lipinski definition) is 0. The maximum Gasteiger partial charge on any atom is 0.359 e. The van der Waals surface area contributed by atoms with E-state index >= 15 is 0 Å². The first kappa shape index (κ1) is 14.5. The maximum atomic E-state index is 12.1. The summed E-state index contributed by atoms with van der Waals surface area (Å²) in [5.41, 5.74) is 3.12. The molecule has 1 aliphatic rings. The van der Waals surface area contributed by atoms with Crippen molar-refractivity contribution in [2.24, 2.45) is 0 Å². The van der Waals surface area contributed by atoms with Crippen LogP contribution in [-0.2, 0) is 28.9 Å². The van der Waals surface area contributed by atoms with Gasteiger partial charge in [-0.05, 0) is 18.9 Å². The van der Waals surface area contributed by atoms with Crippen molar-refractivity contribution in [3.63, 3.8) is 0 Å². The highest BCUT2D eigenvalue weighted by Gasteiger charge is 2.28. The van der Waals surface area contributed by atoms with Crippen molar-refractivity contribution >= 4 is 11.8 Å². The number of esters is 1. The lowest BCUT2D eigenvalue weighted by molar-refractivity contribution is -0.118. The van der Waals surface area contributed by atoms with Crippen LogP contribution in [0.25, 0.3) is 0 Å². The van der Waals surface area contributed by atoms with Gasteiger partial charge in [0, 0.05) is 24.1 Å². The van der Waals surface area contributed by atoms with Crippen LogP contribution < -0.4 is 0 Å². The Morgan fingerprint density at radius 2 is 2.05 bits per heavy atom. The molecule has 0 unspecified atom stereocenters. The minimum atomic E-state index is -0.444. The lowest BCUT2D eigenvalue weighted by atomic mass is 9.94. The fourth-order valence-corrected chi connectivity index (χ4v) is 2.79. The van der Waals surface area contributed by atoms with Crippen molar-refractivity contribution < 1.29 is 14.3 Å². The molecule has 0 saturated heterocycles. The van der Waals surface area contributed by atoms with Crippen LogP contribution in [0.5, 0.6) is 0 Å². The molecule has 0 amide bonds. The molecule has 1 aliphatic carbocycles. The van der Waals surface area contributed by atoms with E-state index in [4.69, 9.17) is 4.74 Å². The molecule has 2 aromatic rings. The minimum absolute atomic E-state index is 0.150. The molecular weight excluding hydrogens is 280 g/mol. The van der Waals surface area contributed by atoms with Crippen LogP contribution in [0.3, 0.4) is 0 Å². The van der Waals surface area contributed by atoms with Gasteiger partial charge in [0.25, 0.3) is 0 Å². The largest absolute Gasteiger partial charge is 0.461 e. The summed E-state index contributed by atoms with van der Waals surface area (Å²) < 4.78 is 6.90. The normalized spacial score (nSPS) is 13.8. The summed E-state index contributed by atoms with van der Waals surface area (Å²) in [6, 6.07) is 9.95. The third-order valence-corrected chi connectivity index (χ3v) is 3.83. The van der Waals surface area contributed by atoms with E-state index in [0.29, 0.717) is 31.7 Å². The van der Waals surface area contributed by atoms with E-state index < -0.39 is 5.97 Å². The molecule has 0 aliphatic heterocycles. The lowest BCUT2D eigenvalue weighted by Gasteiger charge is -2.13. The predicted molar refractivity (Wildman–Crippen MR) is 80.8 cm³/mol. The number of carbonyl (C=O) groups excluding carboxylic acids is 2. The Bertz CT molecular complexity index is 704. The van der Waals surface area contributed by atoms with Gasteiger partial charge in [0.2, 0.25) is 0 Å². The fraction of sp³-hybridized carbons (Fsp3) is 0.353. The predicted octanol–water partition coefficient (Wildman–Crippen LogP) is 2.17. The van der Waals surface area contributed by atoms with Gasteiger partial charge in [0.05, 0.1) is 13.2 Å². The minimum Gasteiger partial charge on any atom is -0.461 e. The number of carbonyl (C=O) groups is 2. The molecule has 0 fully saturated rings. The van der Waals surface area contributed by atoms with Crippen LogP contribution in [-0.4, -0.2) is 28.1 Å². The van der Waals surface area contributed by atoms with E-state index in [0.717, 1.165) is 16.8 Å². The second kappa shape index (κ2) is 6.13. The Balaban J connectivity index is 1.98. The molecule has 0 spiro atoms. The van der Waals surface area contributed by atoms with Crippen molar-refractivity contribution in [3.05, 3.63) is 52.8 Å². The molecule has 5 nitrogen and oxygen atoms in total. The summed E-state index contributed by atoms with van der Waals surface area (Å²) in [6.45, 7) is 2.65. The molecule has 22 heavy (non-hydrogen) atoms. The highest BCUT2D eigenvalue weighted by atomic mass is 16.5. The number of nitrogens with zero attached hydrogens (tertiary/aromatic N) is 2. The van der Waals surface area contributed by atoms with Crippen molar-refractivity contribution in [2.75, 3.05) is 6.61 Å². The van der Waals surface area contributed by atoms with E-state index in [9.17, 15) is 9.59 Å². The first-order chi connectivity index (χ1) is 10.7. The standard InChI is InChI=1S/C17H18N2O3/c1-2-22-17(21)16-14-10-13(20)8-9-15(14)19(18-16)11-12-6-4-3-5-7-12/h3-7H,2,8-11H2,1H3. The third-order valence-electron chi connectivity index (χ3n) is 3.83. The Labute approximate surface area is 128 Å². The van der Waals surface area contributed by atoms with E-state index in [1.54, 1.807) is 6.92 Å². The number of ketones is 1. The molecule has 0 N–H and O–H groups in total. The maximum absolute atomic E-state index is 12.1. The molecule has 1 aromatic heterocycles. The Morgan fingerprint density at radius 1 is 1.27 bits per heavy atom. The molecule has 0 saturated carbocycles. The first-order valence-electron chi connectivity index (χ1n) is 7.50. The van der Waals surface area contributed by atoms with Gasteiger partial charge in [0.15, 0.2) is 5.69 Å². The highest BCUT2D eigenvalue weighted by Crippen LogP contribution is 2.24. The van der Waals surface area contributed by atoms with Crippen molar-refractivity contribution in [3.8, 4) is 0 Å². The highest BCUT2D eigenvalue weighted by molar-refractivity contribution is 5.93. The quantitative estimate of drug-likeness (QED) is 0.812. The number of rotatable bonds is 4. The molecule has 0 atom stereocenters. The van der Waals surface area contributed by atoms with Gasteiger partial charge in [-0.2, -0.15) is 5.10 Å². The summed E-state index contributed by atoms with van der Waals surface area (Å²) in [7, 11) is 0. The SMILES string of the molecule is CCOC(=O)c1nn(Cc2ccccc2)c2c1CC(=O)CC2. The number of aromatic nitrogens is 2. The van der Waals surface area contributed by atoms with Gasteiger partial charge in [-0.3, -0.25) is 9.48 Å². The molecule has 3 rings (SSSR count). The smallest absolute Gasteiger partial charge is 0.359 e. The Kier molecular flexibility index (Phi) is 4.04.